The first kappa shape index (κ1) is 16.2. The molecule has 2 amide bonds. The molecule has 1 fully saturated rings. The van der Waals surface area contributed by atoms with Gasteiger partial charge in [-0.1, -0.05) is 42.5 Å². The number of imide groups is 1. The number of carbonyl (C=O) groups is 2. The van der Waals surface area contributed by atoms with Crippen molar-refractivity contribution in [2.24, 2.45) is 0 Å². The first-order chi connectivity index (χ1) is 11.7. The first-order valence-electron chi connectivity index (χ1n) is 8.18. The van der Waals surface area contributed by atoms with Crippen LogP contribution in [0.25, 0.3) is 0 Å². The van der Waals surface area contributed by atoms with E-state index in [9.17, 15) is 9.59 Å². The summed E-state index contributed by atoms with van der Waals surface area (Å²) in [6, 6.07) is 17.5. The van der Waals surface area contributed by atoms with Gasteiger partial charge in [-0.3, -0.25) is 14.5 Å². The van der Waals surface area contributed by atoms with Crippen molar-refractivity contribution in [3.63, 3.8) is 0 Å². The van der Waals surface area contributed by atoms with Crippen LogP contribution in [0.3, 0.4) is 0 Å². The lowest BCUT2D eigenvalue weighted by molar-refractivity contribution is -0.148. The molecule has 0 atom stereocenters. The number of carbonyl (C=O) groups excluding carboxylic acids is 2. The van der Waals surface area contributed by atoms with Crippen molar-refractivity contribution in [2.45, 2.75) is 25.2 Å². The SMILES string of the molecule is COc1ccc(C2CC(=O)N(CCc3ccccc3)C(=O)C2)cc1. The summed E-state index contributed by atoms with van der Waals surface area (Å²) in [5.41, 5.74) is 2.15. The minimum Gasteiger partial charge on any atom is -0.497 e. The lowest BCUT2D eigenvalue weighted by atomic mass is 9.88. The second kappa shape index (κ2) is 7.30. The Labute approximate surface area is 142 Å². The summed E-state index contributed by atoms with van der Waals surface area (Å²) in [4.78, 5) is 26.2. The monoisotopic (exact) mass is 323 g/mol. The van der Waals surface area contributed by atoms with E-state index in [4.69, 9.17) is 4.74 Å². The second-order valence-corrected chi connectivity index (χ2v) is 6.05. The summed E-state index contributed by atoms with van der Waals surface area (Å²) in [6.45, 7) is 0.455. The molecule has 0 saturated carbocycles. The Kier molecular flexibility index (Phi) is 4.94. The fraction of sp³-hybridized carbons (Fsp3) is 0.300. The molecule has 0 spiro atoms. The molecule has 1 aliphatic rings. The van der Waals surface area contributed by atoms with E-state index < -0.39 is 0 Å². The van der Waals surface area contributed by atoms with Crippen LogP contribution in [0.5, 0.6) is 5.75 Å². The van der Waals surface area contributed by atoms with E-state index in [0.717, 1.165) is 16.9 Å². The van der Waals surface area contributed by atoms with Crippen LogP contribution in [-0.2, 0) is 16.0 Å². The molecule has 0 aromatic heterocycles. The van der Waals surface area contributed by atoms with Gasteiger partial charge in [0.1, 0.15) is 5.75 Å². The lowest BCUT2D eigenvalue weighted by Gasteiger charge is -2.30. The Balaban J connectivity index is 1.63. The Morgan fingerprint density at radius 1 is 0.958 bits per heavy atom. The molecule has 2 aromatic carbocycles. The Bertz CT molecular complexity index is 691. The van der Waals surface area contributed by atoms with E-state index in [-0.39, 0.29) is 17.7 Å². The molecule has 2 aromatic rings. The summed E-state index contributed by atoms with van der Waals surface area (Å²) < 4.78 is 5.15. The fourth-order valence-corrected chi connectivity index (χ4v) is 3.10. The fourth-order valence-electron chi connectivity index (χ4n) is 3.10. The first-order valence-corrected chi connectivity index (χ1v) is 8.18. The molecule has 4 nitrogen and oxygen atoms in total. The van der Waals surface area contributed by atoms with E-state index >= 15 is 0 Å². The average Bonchev–Trinajstić information content (AvgIpc) is 2.62. The number of benzene rings is 2. The number of likely N-dealkylation sites (tertiary alicyclic amines) is 1. The molecule has 24 heavy (non-hydrogen) atoms. The topological polar surface area (TPSA) is 46.6 Å². The van der Waals surface area contributed by atoms with Crippen LogP contribution in [0.4, 0.5) is 0 Å². The van der Waals surface area contributed by atoms with Crippen LogP contribution in [-0.4, -0.2) is 30.4 Å². The van der Waals surface area contributed by atoms with Gasteiger partial charge >= 0.3 is 0 Å². The third kappa shape index (κ3) is 3.65. The molecule has 1 aliphatic heterocycles. The van der Waals surface area contributed by atoms with E-state index in [0.29, 0.717) is 25.8 Å². The highest BCUT2D eigenvalue weighted by Gasteiger charge is 2.32. The van der Waals surface area contributed by atoms with Crippen molar-refractivity contribution in [3.05, 3.63) is 65.7 Å². The molecule has 0 aliphatic carbocycles. The number of ether oxygens (including phenoxy) is 1. The van der Waals surface area contributed by atoms with Crippen LogP contribution in [0.15, 0.2) is 54.6 Å². The Hall–Kier alpha value is -2.62. The van der Waals surface area contributed by atoms with Crippen molar-refractivity contribution in [2.75, 3.05) is 13.7 Å². The maximum Gasteiger partial charge on any atom is 0.229 e. The molecule has 0 N–H and O–H groups in total. The van der Waals surface area contributed by atoms with E-state index in [2.05, 4.69) is 0 Å². The minimum absolute atomic E-state index is 0.0381. The third-order valence-electron chi connectivity index (χ3n) is 4.50. The predicted molar refractivity (Wildman–Crippen MR) is 91.8 cm³/mol. The molecule has 0 unspecified atom stereocenters. The van der Waals surface area contributed by atoms with Gasteiger partial charge in [0.2, 0.25) is 11.8 Å². The van der Waals surface area contributed by atoms with Crippen LogP contribution in [0.1, 0.15) is 29.9 Å². The van der Waals surface area contributed by atoms with Crippen molar-refractivity contribution in [1.29, 1.82) is 0 Å². The number of rotatable bonds is 5. The summed E-state index contributed by atoms with van der Waals surface area (Å²) in [6.07, 6.45) is 1.46. The molecule has 0 radical (unpaired) electrons. The summed E-state index contributed by atoms with van der Waals surface area (Å²) in [7, 11) is 1.62. The van der Waals surface area contributed by atoms with Gasteiger partial charge in [0.25, 0.3) is 0 Å². The van der Waals surface area contributed by atoms with Crippen LogP contribution >= 0.6 is 0 Å². The lowest BCUT2D eigenvalue weighted by Crippen LogP contribution is -2.43. The van der Waals surface area contributed by atoms with E-state index in [1.807, 2.05) is 54.6 Å². The van der Waals surface area contributed by atoms with Gasteiger partial charge in [0.05, 0.1) is 7.11 Å². The van der Waals surface area contributed by atoms with Gasteiger partial charge in [0, 0.05) is 25.3 Å². The van der Waals surface area contributed by atoms with Crippen LogP contribution in [0, 0.1) is 0 Å². The number of hydrogen-bond acceptors (Lipinski definition) is 3. The van der Waals surface area contributed by atoms with Crippen molar-refractivity contribution >= 4 is 11.8 Å². The normalized spacial score (nSPS) is 15.6. The molecule has 4 heteroatoms. The quantitative estimate of drug-likeness (QED) is 0.794. The number of nitrogens with zero attached hydrogens (tertiary/aromatic N) is 1. The number of hydrogen-bond donors (Lipinski definition) is 0. The Morgan fingerprint density at radius 3 is 2.17 bits per heavy atom. The van der Waals surface area contributed by atoms with E-state index in [1.54, 1.807) is 7.11 Å². The maximum atomic E-state index is 12.4. The minimum atomic E-state index is -0.0806. The zero-order chi connectivity index (χ0) is 16.9. The van der Waals surface area contributed by atoms with Crippen LogP contribution in [0.2, 0.25) is 0 Å². The van der Waals surface area contributed by atoms with Gasteiger partial charge < -0.3 is 4.74 Å². The zero-order valence-corrected chi connectivity index (χ0v) is 13.8. The van der Waals surface area contributed by atoms with Gasteiger partial charge in [-0.15, -0.1) is 0 Å². The van der Waals surface area contributed by atoms with Crippen molar-refractivity contribution < 1.29 is 14.3 Å². The number of piperidine rings is 1. The van der Waals surface area contributed by atoms with Gasteiger partial charge in [-0.2, -0.15) is 0 Å². The molecule has 0 bridgehead atoms. The number of amides is 2. The third-order valence-corrected chi connectivity index (χ3v) is 4.50. The molecule has 124 valence electrons. The molecule has 1 saturated heterocycles. The molecule has 1 heterocycles. The smallest absolute Gasteiger partial charge is 0.229 e. The van der Waals surface area contributed by atoms with Crippen LogP contribution < -0.4 is 4.74 Å². The van der Waals surface area contributed by atoms with Gasteiger partial charge in [0.15, 0.2) is 0 Å². The van der Waals surface area contributed by atoms with Gasteiger partial charge in [-0.05, 0) is 29.7 Å². The standard InChI is InChI=1S/C20H21NO3/c1-24-18-9-7-16(8-10-18)17-13-19(22)21(20(23)14-17)12-11-15-5-3-2-4-6-15/h2-10,17H,11-14H2,1H3. The highest BCUT2D eigenvalue weighted by Crippen LogP contribution is 2.30. The van der Waals surface area contributed by atoms with Crippen molar-refractivity contribution in [3.8, 4) is 5.75 Å². The molecule has 3 rings (SSSR count). The highest BCUT2D eigenvalue weighted by molar-refractivity contribution is 5.98. The Morgan fingerprint density at radius 2 is 1.58 bits per heavy atom. The number of methoxy groups -OCH3 is 1. The zero-order valence-electron chi connectivity index (χ0n) is 13.8. The summed E-state index contributed by atoms with van der Waals surface area (Å²) in [5.74, 6) is 0.576. The predicted octanol–water partition coefficient (Wildman–Crippen LogP) is 3.17. The summed E-state index contributed by atoms with van der Waals surface area (Å²) >= 11 is 0. The van der Waals surface area contributed by atoms with Gasteiger partial charge in [-0.25, -0.2) is 0 Å². The van der Waals surface area contributed by atoms with Crippen molar-refractivity contribution in [1.82, 2.24) is 4.90 Å². The molecular weight excluding hydrogens is 302 g/mol. The largest absolute Gasteiger partial charge is 0.497 e. The second-order valence-electron chi connectivity index (χ2n) is 6.05. The average molecular weight is 323 g/mol. The summed E-state index contributed by atoms with van der Waals surface area (Å²) in [5, 5.41) is 0. The van der Waals surface area contributed by atoms with E-state index in [1.165, 1.54) is 4.90 Å². The highest BCUT2D eigenvalue weighted by atomic mass is 16.5. The maximum absolute atomic E-state index is 12.4. The molecular formula is C20H21NO3.